The van der Waals surface area contributed by atoms with Gasteiger partial charge in [0.2, 0.25) is 0 Å². The Morgan fingerprint density at radius 1 is 0.690 bits per heavy atom. The van der Waals surface area contributed by atoms with Crippen molar-refractivity contribution in [1.82, 2.24) is 4.90 Å². The number of rotatable bonds is 3. The van der Waals surface area contributed by atoms with Crippen LogP contribution in [0.25, 0.3) is 0 Å². The molecule has 3 aromatic carbocycles. The molecule has 2 aliphatic rings. The molecule has 2 heterocycles. The van der Waals surface area contributed by atoms with Crippen molar-refractivity contribution in [3.63, 3.8) is 0 Å². The maximum Gasteiger partial charge on any atom is 0.259 e. The first kappa shape index (κ1) is 18.1. The number of hydrogen-bond donors (Lipinski definition) is 0. The van der Waals surface area contributed by atoms with E-state index in [0.717, 1.165) is 28.8 Å². The fourth-order valence-corrected chi connectivity index (χ4v) is 9.20. The molecule has 0 spiro atoms. The van der Waals surface area contributed by atoms with Gasteiger partial charge in [-0.25, -0.2) is 0 Å². The number of amides is 1. The normalized spacial score (nSPS) is 19.0. The number of fused-ring (bicyclic) bond motifs is 1. The molecule has 29 heavy (non-hydrogen) atoms. The molecular weight excluding hydrogens is 377 g/mol. The van der Waals surface area contributed by atoms with Crippen molar-refractivity contribution in [2.45, 2.75) is 18.9 Å². The number of carbonyl (C=O) groups excluding carboxylic acids is 2. The Kier molecular flexibility index (Phi) is 4.49. The van der Waals surface area contributed by atoms with Gasteiger partial charge in [0, 0.05) is 6.54 Å². The third-order valence-electron chi connectivity index (χ3n) is 6.02. The van der Waals surface area contributed by atoms with Crippen LogP contribution in [0.5, 0.6) is 0 Å². The lowest BCUT2D eigenvalue weighted by atomic mass is 10.1. The van der Waals surface area contributed by atoms with Gasteiger partial charge in [-0.2, -0.15) is 0 Å². The highest BCUT2D eigenvalue weighted by molar-refractivity contribution is 7.97. The smallest absolute Gasteiger partial charge is 0.259 e. The van der Waals surface area contributed by atoms with Gasteiger partial charge in [0.25, 0.3) is 5.91 Å². The van der Waals surface area contributed by atoms with Gasteiger partial charge in [0.05, 0.1) is 11.3 Å². The molecule has 0 aliphatic carbocycles. The SMILES string of the molecule is O=C1C(=P(c2ccccc2)(c2ccccc2)c2ccccc2)C(=O)N2CCC[C@@H]12. The van der Waals surface area contributed by atoms with E-state index >= 15 is 0 Å². The zero-order valence-electron chi connectivity index (χ0n) is 16.1. The van der Waals surface area contributed by atoms with Crippen molar-refractivity contribution >= 4 is 39.8 Å². The van der Waals surface area contributed by atoms with Crippen molar-refractivity contribution in [2.75, 3.05) is 6.54 Å². The lowest BCUT2D eigenvalue weighted by Crippen LogP contribution is -2.36. The molecule has 3 nitrogen and oxygen atoms in total. The van der Waals surface area contributed by atoms with Crippen LogP contribution in [-0.2, 0) is 9.59 Å². The van der Waals surface area contributed by atoms with Crippen LogP contribution in [0, 0.1) is 0 Å². The van der Waals surface area contributed by atoms with E-state index in [0.29, 0.717) is 11.8 Å². The molecule has 2 aliphatic heterocycles. The van der Waals surface area contributed by atoms with E-state index in [1.165, 1.54) is 0 Å². The lowest BCUT2D eigenvalue weighted by molar-refractivity contribution is -0.124. The molecule has 3 aromatic rings. The minimum Gasteiger partial charge on any atom is -0.328 e. The summed E-state index contributed by atoms with van der Waals surface area (Å²) in [5.74, 6) is -0.0419. The highest BCUT2D eigenvalue weighted by Crippen LogP contribution is 2.49. The molecule has 0 bridgehead atoms. The van der Waals surface area contributed by atoms with Crippen molar-refractivity contribution in [2.24, 2.45) is 0 Å². The van der Waals surface area contributed by atoms with E-state index in [9.17, 15) is 9.59 Å². The molecular formula is C25H22NO2P. The molecule has 5 rings (SSSR count). The van der Waals surface area contributed by atoms with Gasteiger partial charge in [0.1, 0.15) is 0 Å². The Labute approximate surface area is 171 Å². The number of benzene rings is 3. The highest BCUT2D eigenvalue weighted by atomic mass is 31.2. The van der Waals surface area contributed by atoms with Crippen molar-refractivity contribution < 1.29 is 9.59 Å². The van der Waals surface area contributed by atoms with Gasteiger partial charge in [-0.1, -0.05) is 91.0 Å². The average Bonchev–Trinajstić information content (AvgIpc) is 3.36. The summed E-state index contributed by atoms with van der Waals surface area (Å²) in [5.41, 5.74) is 0. The molecule has 1 atom stereocenters. The second kappa shape index (κ2) is 7.17. The number of Topliss-reactive ketones (excluding diaryl/α,β-unsaturated/α-hetero) is 1. The second-order valence-electron chi connectivity index (χ2n) is 7.55. The van der Waals surface area contributed by atoms with Crippen LogP contribution in [0.2, 0.25) is 0 Å². The number of nitrogens with zero attached hydrogens (tertiary/aromatic N) is 1. The predicted molar refractivity (Wildman–Crippen MR) is 120 cm³/mol. The Balaban J connectivity index is 1.98. The zero-order valence-corrected chi connectivity index (χ0v) is 17.0. The molecule has 0 N–H and O–H groups in total. The zero-order chi connectivity index (χ0) is 19.8. The summed E-state index contributed by atoms with van der Waals surface area (Å²) in [4.78, 5) is 29.2. The topological polar surface area (TPSA) is 37.4 Å². The first-order valence-corrected chi connectivity index (χ1v) is 11.8. The van der Waals surface area contributed by atoms with Crippen LogP contribution in [0.1, 0.15) is 12.8 Å². The first-order chi connectivity index (χ1) is 14.2. The van der Waals surface area contributed by atoms with E-state index in [1.54, 1.807) is 4.90 Å². The third-order valence-corrected chi connectivity index (χ3v) is 10.3. The van der Waals surface area contributed by atoms with Crippen LogP contribution in [-0.4, -0.2) is 34.5 Å². The summed E-state index contributed by atoms with van der Waals surface area (Å²) in [7, 11) is 0. The van der Waals surface area contributed by atoms with Crippen molar-refractivity contribution in [1.29, 1.82) is 0 Å². The summed E-state index contributed by atoms with van der Waals surface area (Å²) >= 11 is 0. The van der Waals surface area contributed by atoms with Crippen molar-refractivity contribution in [3.8, 4) is 0 Å². The Hall–Kier alpha value is -2.90. The highest BCUT2D eigenvalue weighted by Gasteiger charge is 2.50. The van der Waals surface area contributed by atoms with Gasteiger partial charge in [-0.15, -0.1) is 0 Å². The van der Waals surface area contributed by atoms with Gasteiger partial charge >= 0.3 is 0 Å². The molecule has 0 unspecified atom stereocenters. The molecule has 0 saturated carbocycles. The molecule has 4 heteroatoms. The quantitative estimate of drug-likeness (QED) is 0.635. The second-order valence-corrected chi connectivity index (χ2v) is 10.9. The summed E-state index contributed by atoms with van der Waals surface area (Å²) in [6.45, 7) is -1.91. The maximum absolute atomic E-state index is 13.7. The van der Waals surface area contributed by atoms with Crippen LogP contribution in [0.4, 0.5) is 0 Å². The summed E-state index contributed by atoms with van der Waals surface area (Å²) < 4.78 is 0. The summed E-state index contributed by atoms with van der Waals surface area (Å²) in [5, 5.41) is 3.65. The standard InChI is InChI=1S/C25H22NO2P/c27-23-22-17-10-18-26(22)25(28)24(23)29(19-11-4-1-5-12-19,20-13-6-2-7-14-20)21-15-8-3-9-16-21/h1-9,11-16,22H,10,17-18H2/t22-/m0/s1. The van der Waals surface area contributed by atoms with Gasteiger partial charge < -0.3 is 4.90 Å². The fourth-order valence-electron chi connectivity index (χ4n) is 4.78. The van der Waals surface area contributed by atoms with E-state index < -0.39 is 6.89 Å². The number of carbonyl (C=O) groups is 2. The van der Waals surface area contributed by atoms with Gasteiger partial charge in [0.15, 0.2) is 5.78 Å². The maximum atomic E-state index is 13.7. The molecule has 144 valence electrons. The predicted octanol–water partition coefficient (Wildman–Crippen LogP) is 2.73. The Morgan fingerprint density at radius 2 is 1.14 bits per heavy atom. The summed E-state index contributed by atoms with van der Waals surface area (Å²) in [6, 6.07) is 30.1. The van der Waals surface area contributed by atoms with Crippen LogP contribution >= 0.6 is 6.89 Å². The monoisotopic (exact) mass is 399 g/mol. The third kappa shape index (κ3) is 2.65. The van der Waals surface area contributed by atoms with E-state index in [4.69, 9.17) is 0 Å². The van der Waals surface area contributed by atoms with Gasteiger partial charge in [-0.05, 0) is 35.6 Å². The largest absolute Gasteiger partial charge is 0.328 e. The minimum atomic E-state index is -2.59. The van der Waals surface area contributed by atoms with Crippen molar-refractivity contribution in [3.05, 3.63) is 91.0 Å². The fraction of sp³-hybridized carbons (Fsp3) is 0.160. The molecule has 1 amide bonds. The molecule has 2 fully saturated rings. The minimum absolute atomic E-state index is 0.0254. The number of ketones is 1. The van der Waals surface area contributed by atoms with Crippen LogP contribution in [0.15, 0.2) is 91.0 Å². The average molecular weight is 399 g/mol. The Bertz CT molecular complexity index is 996. The van der Waals surface area contributed by atoms with E-state index in [1.807, 2.05) is 54.6 Å². The molecule has 2 saturated heterocycles. The lowest BCUT2D eigenvalue weighted by Gasteiger charge is -2.30. The summed E-state index contributed by atoms with van der Waals surface area (Å²) in [6.07, 6.45) is 1.68. The first-order valence-electron chi connectivity index (χ1n) is 10.0. The molecule has 0 aromatic heterocycles. The van der Waals surface area contributed by atoms with Crippen LogP contribution in [0.3, 0.4) is 0 Å². The van der Waals surface area contributed by atoms with Gasteiger partial charge in [-0.3, -0.25) is 9.59 Å². The van der Waals surface area contributed by atoms with E-state index in [-0.39, 0.29) is 17.7 Å². The van der Waals surface area contributed by atoms with E-state index in [2.05, 4.69) is 36.4 Å². The Morgan fingerprint density at radius 3 is 1.55 bits per heavy atom. The van der Waals surface area contributed by atoms with Crippen LogP contribution < -0.4 is 15.9 Å². The molecule has 0 radical (unpaired) electrons. The number of hydrogen-bond acceptors (Lipinski definition) is 2.